The summed E-state index contributed by atoms with van der Waals surface area (Å²) in [7, 11) is 0. The molecular weight excluding hydrogens is 375 g/mol. The van der Waals surface area contributed by atoms with Crippen LogP contribution in [0.2, 0.25) is 0 Å². The SMILES string of the molecule is Cc1cc(C(=O)COC(=O)Cn2cc(C(F)(F)F)ccc2=O)c(C)c(C)c1C. The smallest absolute Gasteiger partial charge is 0.417 e. The summed E-state index contributed by atoms with van der Waals surface area (Å²) >= 11 is 0. The van der Waals surface area contributed by atoms with Gasteiger partial charge < -0.3 is 9.30 Å². The zero-order valence-electron chi connectivity index (χ0n) is 15.9. The van der Waals surface area contributed by atoms with E-state index in [4.69, 9.17) is 4.74 Å². The third-order valence-electron chi connectivity index (χ3n) is 4.76. The Balaban J connectivity index is 2.10. The first-order valence-corrected chi connectivity index (χ1v) is 8.45. The minimum Gasteiger partial charge on any atom is -0.456 e. The Bertz CT molecular complexity index is 990. The predicted octanol–water partition coefficient (Wildman–Crippen LogP) is 3.53. The molecule has 5 nitrogen and oxygen atoms in total. The number of carbonyl (C=O) groups excluding carboxylic acids is 2. The van der Waals surface area contributed by atoms with Gasteiger partial charge in [0.2, 0.25) is 5.78 Å². The Labute approximate surface area is 159 Å². The number of ether oxygens (including phenoxy) is 1. The summed E-state index contributed by atoms with van der Waals surface area (Å²) in [4.78, 5) is 36.0. The average molecular weight is 395 g/mol. The summed E-state index contributed by atoms with van der Waals surface area (Å²) < 4.78 is 43.7. The van der Waals surface area contributed by atoms with E-state index in [-0.39, 0.29) is 0 Å². The lowest BCUT2D eigenvalue weighted by Gasteiger charge is -2.14. The molecule has 0 atom stereocenters. The van der Waals surface area contributed by atoms with Crippen molar-refractivity contribution in [1.29, 1.82) is 0 Å². The molecule has 0 bridgehead atoms. The highest BCUT2D eigenvalue weighted by Gasteiger charge is 2.31. The van der Waals surface area contributed by atoms with Crippen LogP contribution in [0, 0.1) is 27.7 Å². The van der Waals surface area contributed by atoms with Crippen LogP contribution >= 0.6 is 0 Å². The lowest BCUT2D eigenvalue weighted by atomic mass is 9.93. The van der Waals surface area contributed by atoms with E-state index < -0.39 is 42.2 Å². The molecule has 0 amide bonds. The van der Waals surface area contributed by atoms with Gasteiger partial charge in [0.1, 0.15) is 6.54 Å². The van der Waals surface area contributed by atoms with Gasteiger partial charge in [-0.25, -0.2) is 0 Å². The molecule has 0 fully saturated rings. The maximum atomic E-state index is 12.7. The molecule has 0 unspecified atom stereocenters. The quantitative estimate of drug-likeness (QED) is 0.574. The first kappa shape index (κ1) is 21.4. The van der Waals surface area contributed by atoms with Crippen LogP contribution in [-0.4, -0.2) is 22.9 Å². The number of esters is 1. The molecule has 0 radical (unpaired) electrons. The highest BCUT2D eigenvalue weighted by atomic mass is 19.4. The summed E-state index contributed by atoms with van der Waals surface area (Å²) in [6, 6.07) is 3.08. The van der Waals surface area contributed by atoms with Crippen LogP contribution in [0.3, 0.4) is 0 Å². The zero-order chi connectivity index (χ0) is 21.2. The second-order valence-corrected chi connectivity index (χ2v) is 6.58. The highest BCUT2D eigenvalue weighted by molar-refractivity contribution is 5.99. The van der Waals surface area contributed by atoms with E-state index in [1.165, 1.54) is 0 Å². The molecular formula is C20H20F3NO4. The van der Waals surface area contributed by atoms with Gasteiger partial charge in [-0.1, -0.05) is 0 Å². The van der Waals surface area contributed by atoms with Gasteiger partial charge in [0.25, 0.3) is 5.56 Å². The molecule has 1 aromatic heterocycles. The zero-order valence-corrected chi connectivity index (χ0v) is 15.9. The number of Topliss-reactive ketones (excluding diaryl/α,β-unsaturated/α-hetero) is 1. The fourth-order valence-electron chi connectivity index (χ4n) is 2.73. The average Bonchev–Trinajstić information content (AvgIpc) is 2.61. The van der Waals surface area contributed by atoms with E-state index in [9.17, 15) is 27.6 Å². The molecule has 1 aromatic carbocycles. The Morgan fingerprint density at radius 3 is 2.29 bits per heavy atom. The number of carbonyl (C=O) groups is 2. The van der Waals surface area contributed by atoms with E-state index in [2.05, 4.69) is 0 Å². The number of hydrogen-bond acceptors (Lipinski definition) is 4. The van der Waals surface area contributed by atoms with Crippen LogP contribution in [0.1, 0.15) is 38.2 Å². The summed E-state index contributed by atoms with van der Waals surface area (Å²) in [6.45, 7) is 6.21. The monoisotopic (exact) mass is 395 g/mol. The molecule has 0 saturated carbocycles. The molecule has 0 saturated heterocycles. The van der Waals surface area contributed by atoms with Crippen molar-refractivity contribution in [3.8, 4) is 0 Å². The normalized spacial score (nSPS) is 11.4. The number of hydrogen-bond donors (Lipinski definition) is 0. The second-order valence-electron chi connectivity index (χ2n) is 6.58. The van der Waals surface area contributed by atoms with Crippen molar-refractivity contribution in [3.05, 3.63) is 68.1 Å². The minimum atomic E-state index is -4.64. The number of pyridine rings is 1. The van der Waals surface area contributed by atoms with Gasteiger partial charge in [-0.2, -0.15) is 13.2 Å². The third-order valence-corrected chi connectivity index (χ3v) is 4.76. The number of aromatic nitrogens is 1. The molecule has 0 N–H and O–H groups in total. The number of nitrogens with zero attached hydrogens (tertiary/aromatic N) is 1. The number of ketones is 1. The molecule has 0 spiro atoms. The van der Waals surface area contributed by atoms with Gasteiger partial charge in [0.15, 0.2) is 6.61 Å². The van der Waals surface area contributed by atoms with Crippen molar-refractivity contribution in [2.75, 3.05) is 6.61 Å². The molecule has 8 heteroatoms. The van der Waals surface area contributed by atoms with E-state index >= 15 is 0 Å². The molecule has 0 aliphatic heterocycles. The van der Waals surface area contributed by atoms with Crippen LogP contribution in [0.25, 0.3) is 0 Å². The molecule has 1 heterocycles. The van der Waals surface area contributed by atoms with Gasteiger partial charge in [-0.3, -0.25) is 14.4 Å². The van der Waals surface area contributed by atoms with Gasteiger partial charge >= 0.3 is 12.1 Å². The van der Waals surface area contributed by atoms with Crippen LogP contribution in [-0.2, 0) is 22.3 Å². The minimum absolute atomic E-state index is 0.421. The molecule has 0 aliphatic rings. The molecule has 150 valence electrons. The Morgan fingerprint density at radius 1 is 1.04 bits per heavy atom. The maximum Gasteiger partial charge on any atom is 0.417 e. The summed E-state index contributed by atoms with van der Waals surface area (Å²) in [6.07, 6.45) is -4.10. The number of aryl methyl sites for hydroxylation is 1. The summed E-state index contributed by atoms with van der Waals surface area (Å²) in [5, 5.41) is 0. The number of rotatable bonds is 5. The van der Waals surface area contributed by atoms with Gasteiger partial charge in [0, 0.05) is 17.8 Å². The lowest BCUT2D eigenvalue weighted by Crippen LogP contribution is -2.27. The van der Waals surface area contributed by atoms with Crippen molar-refractivity contribution in [2.45, 2.75) is 40.4 Å². The van der Waals surface area contributed by atoms with Crippen LogP contribution in [0.4, 0.5) is 13.2 Å². The molecule has 2 rings (SSSR count). The lowest BCUT2D eigenvalue weighted by molar-refractivity contribution is -0.144. The first-order valence-electron chi connectivity index (χ1n) is 8.45. The van der Waals surface area contributed by atoms with Crippen molar-refractivity contribution in [2.24, 2.45) is 0 Å². The van der Waals surface area contributed by atoms with Crippen LogP contribution in [0.15, 0.2) is 29.2 Å². The van der Waals surface area contributed by atoms with Crippen molar-refractivity contribution < 1.29 is 27.5 Å². The van der Waals surface area contributed by atoms with Gasteiger partial charge in [-0.15, -0.1) is 0 Å². The van der Waals surface area contributed by atoms with Gasteiger partial charge in [-0.05, 0) is 62.1 Å². The fourth-order valence-corrected chi connectivity index (χ4v) is 2.73. The number of alkyl halides is 3. The maximum absolute atomic E-state index is 12.7. The van der Waals surface area contributed by atoms with E-state index in [0.717, 1.165) is 28.3 Å². The Morgan fingerprint density at radius 2 is 1.68 bits per heavy atom. The van der Waals surface area contributed by atoms with Crippen molar-refractivity contribution >= 4 is 11.8 Å². The first-order chi connectivity index (χ1) is 12.9. The third kappa shape index (κ3) is 4.68. The molecule has 2 aromatic rings. The Hall–Kier alpha value is -2.90. The largest absolute Gasteiger partial charge is 0.456 e. The molecule has 0 aliphatic carbocycles. The van der Waals surface area contributed by atoms with Crippen LogP contribution in [0.5, 0.6) is 0 Å². The number of benzene rings is 1. The topological polar surface area (TPSA) is 65.4 Å². The number of halogens is 3. The van der Waals surface area contributed by atoms with Crippen molar-refractivity contribution in [1.82, 2.24) is 4.57 Å². The van der Waals surface area contributed by atoms with Gasteiger partial charge in [0.05, 0.1) is 5.56 Å². The van der Waals surface area contributed by atoms with E-state index in [1.54, 1.807) is 13.0 Å². The second kappa shape index (κ2) is 8.00. The Kier molecular flexibility index (Phi) is 6.11. The fraction of sp³-hybridized carbons (Fsp3) is 0.350. The highest BCUT2D eigenvalue weighted by Crippen LogP contribution is 2.28. The van der Waals surface area contributed by atoms with Crippen molar-refractivity contribution in [3.63, 3.8) is 0 Å². The van der Waals surface area contributed by atoms with E-state index in [0.29, 0.717) is 22.4 Å². The van der Waals surface area contributed by atoms with Crippen LogP contribution < -0.4 is 5.56 Å². The standard InChI is InChI=1S/C20H20F3NO4/c1-11-7-16(14(4)13(3)12(11)2)17(25)10-28-19(27)9-24-8-15(20(21,22)23)5-6-18(24)26/h5-8H,9-10H2,1-4H3. The summed E-state index contributed by atoms with van der Waals surface area (Å²) in [5.41, 5.74) is 2.31. The summed E-state index contributed by atoms with van der Waals surface area (Å²) in [5.74, 6) is -1.40. The van der Waals surface area contributed by atoms with E-state index in [1.807, 2.05) is 20.8 Å². The molecule has 28 heavy (non-hydrogen) atoms. The predicted molar refractivity (Wildman–Crippen MR) is 96.4 cm³/mol.